The topological polar surface area (TPSA) is 66.5 Å². The predicted octanol–water partition coefficient (Wildman–Crippen LogP) is 3.92. The van der Waals surface area contributed by atoms with Gasteiger partial charge in [-0.25, -0.2) is 8.42 Å². The molecule has 5 nitrogen and oxygen atoms in total. The predicted molar refractivity (Wildman–Crippen MR) is 113 cm³/mol. The average molecular weight is 453 g/mol. The maximum absolute atomic E-state index is 12.1. The van der Waals surface area contributed by atoms with Gasteiger partial charge < -0.3 is 5.32 Å². The van der Waals surface area contributed by atoms with Crippen molar-refractivity contribution in [3.05, 3.63) is 64.6 Å². The van der Waals surface area contributed by atoms with Crippen molar-refractivity contribution in [2.75, 3.05) is 23.7 Å². The van der Waals surface area contributed by atoms with Crippen LogP contribution in [0.15, 0.2) is 59.1 Å². The highest BCUT2D eigenvalue weighted by molar-refractivity contribution is 9.10. The first-order valence-corrected chi connectivity index (χ1v) is 11.5. The van der Waals surface area contributed by atoms with E-state index in [0.29, 0.717) is 23.1 Å². The molecule has 0 spiro atoms. The molecule has 0 unspecified atom stereocenters. The van der Waals surface area contributed by atoms with Crippen LogP contribution in [0.3, 0.4) is 0 Å². The number of hydrogen-bond acceptors (Lipinski definition) is 3. The third kappa shape index (κ3) is 6.66. The zero-order valence-electron chi connectivity index (χ0n) is 15.6. The highest BCUT2D eigenvalue weighted by atomic mass is 79.9. The van der Waals surface area contributed by atoms with Gasteiger partial charge in [0.25, 0.3) is 0 Å². The van der Waals surface area contributed by atoms with E-state index < -0.39 is 10.0 Å². The number of benzene rings is 2. The van der Waals surface area contributed by atoms with Gasteiger partial charge in [-0.15, -0.1) is 0 Å². The zero-order valence-corrected chi connectivity index (χ0v) is 18.0. The van der Waals surface area contributed by atoms with Gasteiger partial charge in [-0.05, 0) is 46.0 Å². The highest BCUT2D eigenvalue weighted by Crippen LogP contribution is 2.27. The first kappa shape index (κ1) is 21.4. The summed E-state index contributed by atoms with van der Waals surface area (Å²) < 4.78 is 26.3. The van der Waals surface area contributed by atoms with E-state index in [1.54, 1.807) is 18.2 Å². The molecule has 2 aromatic carbocycles. The lowest BCUT2D eigenvalue weighted by Gasteiger charge is -2.23. The van der Waals surface area contributed by atoms with Crippen LogP contribution >= 0.6 is 15.9 Å². The van der Waals surface area contributed by atoms with E-state index in [9.17, 15) is 13.2 Å². The molecule has 0 radical (unpaired) electrons. The molecule has 27 heavy (non-hydrogen) atoms. The molecule has 2 rings (SSSR count). The monoisotopic (exact) mass is 452 g/mol. The number of sulfonamides is 1. The lowest BCUT2D eigenvalue weighted by molar-refractivity contribution is -0.121. The second-order valence-corrected chi connectivity index (χ2v) is 9.27. The number of halogens is 1. The van der Waals surface area contributed by atoms with Crippen LogP contribution < -0.4 is 9.62 Å². The molecular weight excluding hydrogens is 428 g/mol. The Kier molecular flexibility index (Phi) is 7.86. The van der Waals surface area contributed by atoms with Crippen molar-refractivity contribution in [1.29, 1.82) is 0 Å². The highest BCUT2D eigenvalue weighted by Gasteiger charge is 2.19. The van der Waals surface area contributed by atoms with Crippen molar-refractivity contribution >= 4 is 37.5 Å². The van der Waals surface area contributed by atoms with Gasteiger partial charge >= 0.3 is 0 Å². The number of nitrogens with zero attached hydrogens (tertiary/aromatic N) is 1. The molecule has 0 fully saturated rings. The summed E-state index contributed by atoms with van der Waals surface area (Å²) in [4.78, 5) is 12.1. The molecule has 0 aromatic heterocycles. The minimum Gasteiger partial charge on any atom is -0.356 e. The van der Waals surface area contributed by atoms with E-state index in [1.807, 2.05) is 36.4 Å². The summed E-state index contributed by atoms with van der Waals surface area (Å²) in [7, 11) is -3.43. The lowest BCUT2D eigenvalue weighted by atomic mass is 10.0. The fourth-order valence-corrected chi connectivity index (χ4v) is 4.35. The normalized spacial score (nSPS) is 12.4. The van der Waals surface area contributed by atoms with Gasteiger partial charge in [0, 0.05) is 24.0 Å². The number of anilines is 1. The van der Waals surface area contributed by atoms with E-state index in [-0.39, 0.29) is 24.8 Å². The fraction of sp³-hybridized carbons (Fsp3) is 0.350. The fourth-order valence-electron chi connectivity index (χ4n) is 2.76. The molecule has 0 aliphatic carbocycles. The van der Waals surface area contributed by atoms with E-state index in [2.05, 4.69) is 28.2 Å². The van der Waals surface area contributed by atoms with Crippen molar-refractivity contribution < 1.29 is 13.2 Å². The number of para-hydroxylation sites is 1. The van der Waals surface area contributed by atoms with Crippen LogP contribution in [0, 0.1) is 0 Å². The molecule has 0 aliphatic rings. The smallest absolute Gasteiger partial charge is 0.232 e. The molecule has 146 valence electrons. The molecule has 0 heterocycles. The maximum atomic E-state index is 12.1. The first-order chi connectivity index (χ1) is 12.8. The molecule has 1 atom stereocenters. The average Bonchev–Trinajstić information content (AvgIpc) is 2.64. The number of rotatable bonds is 9. The Bertz CT molecular complexity index is 857. The molecule has 0 saturated heterocycles. The molecule has 7 heteroatoms. The second kappa shape index (κ2) is 9.90. The second-order valence-electron chi connectivity index (χ2n) is 6.51. The summed E-state index contributed by atoms with van der Waals surface area (Å²) in [6.07, 6.45) is 1.89. The van der Waals surface area contributed by atoms with Crippen LogP contribution in [0.1, 0.15) is 31.2 Å². The van der Waals surface area contributed by atoms with Crippen LogP contribution in [-0.4, -0.2) is 33.7 Å². The van der Waals surface area contributed by atoms with Crippen molar-refractivity contribution in [2.45, 2.75) is 25.7 Å². The van der Waals surface area contributed by atoms with Gasteiger partial charge in [0.2, 0.25) is 15.9 Å². The Morgan fingerprint density at radius 2 is 1.74 bits per heavy atom. The van der Waals surface area contributed by atoms with E-state index >= 15 is 0 Å². The van der Waals surface area contributed by atoms with Gasteiger partial charge in [0.15, 0.2) is 0 Å². The first-order valence-electron chi connectivity index (χ1n) is 8.83. The molecular formula is C20H25BrN2O3S. The SMILES string of the molecule is C[C@H](CNC(=O)CCCN(c1ccccc1Br)S(C)(=O)=O)c1ccccc1. The van der Waals surface area contributed by atoms with Crippen molar-refractivity contribution in [3.8, 4) is 0 Å². The standard InChI is InChI=1S/C20H25BrN2O3S/c1-16(17-9-4-3-5-10-17)15-22-20(24)13-8-14-23(27(2,25)26)19-12-7-6-11-18(19)21/h3-7,9-12,16H,8,13-15H2,1-2H3,(H,22,24)/t16-/m1/s1. The number of carbonyl (C=O) groups excluding carboxylic acids is 1. The third-order valence-electron chi connectivity index (χ3n) is 4.26. The summed E-state index contributed by atoms with van der Waals surface area (Å²) in [6, 6.07) is 17.2. The van der Waals surface area contributed by atoms with Crippen LogP contribution in [0.2, 0.25) is 0 Å². The number of amides is 1. The van der Waals surface area contributed by atoms with Crippen LogP contribution in [0.4, 0.5) is 5.69 Å². The summed E-state index contributed by atoms with van der Waals surface area (Å²) in [5.74, 6) is 0.154. The molecule has 0 bridgehead atoms. The van der Waals surface area contributed by atoms with Gasteiger partial charge in [0.1, 0.15) is 0 Å². The minimum absolute atomic E-state index is 0.0710. The summed E-state index contributed by atoms with van der Waals surface area (Å²) >= 11 is 3.39. The summed E-state index contributed by atoms with van der Waals surface area (Å²) in [5, 5.41) is 2.93. The lowest BCUT2D eigenvalue weighted by Crippen LogP contribution is -2.33. The van der Waals surface area contributed by atoms with Crippen LogP contribution in [0.5, 0.6) is 0 Å². The Morgan fingerprint density at radius 1 is 1.11 bits per heavy atom. The Balaban J connectivity index is 1.86. The van der Waals surface area contributed by atoms with Crippen molar-refractivity contribution in [3.63, 3.8) is 0 Å². The Morgan fingerprint density at radius 3 is 2.37 bits per heavy atom. The van der Waals surface area contributed by atoms with Gasteiger partial charge in [-0.3, -0.25) is 9.10 Å². The maximum Gasteiger partial charge on any atom is 0.232 e. The van der Waals surface area contributed by atoms with E-state index in [1.165, 1.54) is 16.1 Å². The van der Waals surface area contributed by atoms with Gasteiger partial charge in [0.05, 0.1) is 11.9 Å². The molecule has 0 aliphatic heterocycles. The molecule has 2 aromatic rings. The Labute approximate surface area is 170 Å². The number of hydrogen-bond donors (Lipinski definition) is 1. The minimum atomic E-state index is -3.43. The molecule has 0 saturated carbocycles. The molecule has 1 N–H and O–H groups in total. The Hall–Kier alpha value is -1.86. The van der Waals surface area contributed by atoms with E-state index in [0.717, 1.165) is 0 Å². The van der Waals surface area contributed by atoms with Crippen molar-refractivity contribution in [2.24, 2.45) is 0 Å². The van der Waals surface area contributed by atoms with E-state index in [4.69, 9.17) is 0 Å². The largest absolute Gasteiger partial charge is 0.356 e. The van der Waals surface area contributed by atoms with Crippen LogP contribution in [0.25, 0.3) is 0 Å². The molecule has 1 amide bonds. The van der Waals surface area contributed by atoms with Gasteiger partial charge in [-0.2, -0.15) is 0 Å². The number of nitrogens with one attached hydrogen (secondary N) is 1. The summed E-state index contributed by atoms with van der Waals surface area (Å²) in [5.41, 5.74) is 1.76. The summed E-state index contributed by atoms with van der Waals surface area (Å²) in [6.45, 7) is 2.87. The number of carbonyl (C=O) groups is 1. The third-order valence-corrected chi connectivity index (χ3v) is 6.11. The zero-order chi connectivity index (χ0) is 19.9. The van der Waals surface area contributed by atoms with Crippen LogP contribution in [-0.2, 0) is 14.8 Å². The quantitative estimate of drug-likeness (QED) is 0.626. The van der Waals surface area contributed by atoms with Crippen molar-refractivity contribution in [1.82, 2.24) is 5.32 Å². The van der Waals surface area contributed by atoms with Gasteiger partial charge in [-0.1, -0.05) is 49.4 Å².